The lowest BCUT2D eigenvalue weighted by molar-refractivity contribution is 0.248. The number of hydrogen-bond acceptors (Lipinski definition) is 2. The van der Waals surface area contributed by atoms with Gasteiger partial charge in [-0.05, 0) is 6.42 Å². The van der Waals surface area contributed by atoms with Gasteiger partial charge >= 0.3 is 0 Å². The summed E-state index contributed by atoms with van der Waals surface area (Å²) in [5, 5.41) is 2.88. The third-order valence-electron chi connectivity index (χ3n) is 1.33. The van der Waals surface area contributed by atoms with Crippen molar-refractivity contribution in [1.82, 2.24) is 5.32 Å². The fourth-order valence-electron chi connectivity index (χ4n) is 0.921. The van der Waals surface area contributed by atoms with Crippen LogP contribution < -0.4 is 11.1 Å². The molecule has 0 aromatic heterocycles. The van der Waals surface area contributed by atoms with E-state index in [1.54, 1.807) is 0 Å². The summed E-state index contributed by atoms with van der Waals surface area (Å²) in [6.07, 6.45) is -0.203. The van der Waals surface area contributed by atoms with E-state index in [0.29, 0.717) is 13.0 Å². The van der Waals surface area contributed by atoms with Gasteiger partial charge in [0.25, 0.3) is 0 Å². The molecule has 1 aliphatic heterocycles. The Morgan fingerprint density at radius 1 is 1.40 bits per heavy atom. The normalized spacial score (nSPS) is 32.4. The smallest absolute Gasteiger partial charge is 0.114 e. The summed E-state index contributed by atoms with van der Waals surface area (Å²) in [5.74, 6) is 0. The molecular formula is C7H17FN2. The Hall–Kier alpha value is -0.150. The summed E-state index contributed by atoms with van der Waals surface area (Å²) in [4.78, 5) is 0. The van der Waals surface area contributed by atoms with Gasteiger partial charge in [-0.3, -0.25) is 0 Å². The molecule has 2 nitrogen and oxygen atoms in total. The maximum Gasteiger partial charge on any atom is 0.114 e. The molecular weight excluding hydrogens is 131 g/mol. The number of hydrogen-bond donors (Lipinski definition) is 2. The highest BCUT2D eigenvalue weighted by Crippen LogP contribution is 2.03. The first kappa shape index (κ1) is 9.85. The first-order valence-corrected chi connectivity index (χ1v) is 3.89. The lowest BCUT2D eigenvalue weighted by atomic mass is 10.1. The molecule has 0 aromatic rings. The predicted octanol–water partition coefficient (Wildman–Crippen LogP) is 0.671. The molecule has 0 amide bonds. The van der Waals surface area contributed by atoms with Crippen LogP contribution in [0.25, 0.3) is 0 Å². The number of nitrogens with one attached hydrogen (secondary N) is 1. The minimum Gasteiger partial charge on any atom is -0.326 e. The molecule has 2 atom stereocenters. The van der Waals surface area contributed by atoms with Gasteiger partial charge in [0.1, 0.15) is 6.17 Å². The van der Waals surface area contributed by atoms with Crippen molar-refractivity contribution in [3.63, 3.8) is 0 Å². The van der Waals surface area contributed by atoms with E-state index >= 15 is 0 Å². The SMILES string of the molecule is CC.NC1CNCC(F)C1. The van der Waals surface area contributed by atoms with Crippen molar-refractivity contribution in [3.8, 4) is 0 Å². The molecule has 10 heavy (non-hydrogen) atoms. The predicted molar refractivity (Wildman–Crippen MR) is 41.7 cm³/mol. The zero-order valence-corrected chi connectivity index (χ0v) is 6.73. The van der Waals surface area contributed by atoms with Crippen LogP contribution in [0.15, 0.2) is 0 Å². The maximum absolute atomic E-state index is 12.3. The molecule has 0 radical (unpaired) electrons. The molecule has 1 aliphatic rings. The summed E-state index contributed by atoms with van der Waals surface area (Å²) < 4.78 is 12.3. The Kier molecular flexibility index (Phi) is 5.54. The van der Waals surface area contributed by atoms with E-state index in [0.717, 1.165) is 6.54 Å². The zero-order chi connectivity index (χ0) is 7.98. The molecule has 62 valence electrons. The topological polar surface area (TPSA) is 38.0 Å². The first-order chi connectivity index (χ1) is 4.79. The molecule has 0 aromatic carbocycles. The summed E-state index contributed by atoms with van der Waals surface area (Å²) in [5.41, 5.74) is 5.42. The van der Waals surface area contributed by atoms with E-state index in [4.69, 9.17) is 5.73 Å². The average molecular weight is 148 g/mol. The second kappa shape index (κ2) is 5.62. The quantitative estimate of drug-likeness (QED) is 0.530. The summed E-state index contributed by atoms with van der Waals surface area (Å²) in [6, 6.07) is 0.0266. The Balaban J connectivity index is 0.000000371. The van der Waals surface area contributed by atoms with Crippen molar-refractivity contribution in [2.24, 2.45) is 5.73 Å². The molecule has 2 unspecified atom stereocenters. The van der Waals surface area contributed by atoms with E-state index in [2.05, 4.69) is 5.32 Å². The van der Waals surface area contributed by atoms with E-state index in [-0.39, 0.29) is 6.04 Å². The number of rotatable bonds is 0. The average Bonchev–Trinajstić information content (AvgIpc) is 1.91. The lowest BCUT2D eigenvalue weighted by Crippen LogP contribution is -2.44. The molecule has 0 bridgehead atoms. The van der Waals surface area contributed by atoms with Crippen LogP contribution in [0.5, 0.6) is 0 Å². The van der Waals surface area contributed by atoms with E-state index in [1.165, 1.54) is 0 Å². The minimum atomic E-state index is -0.723. The van der Waals surface area contributed by atoms with Crippen LogP contribution in [-0.2, 0) is 0 Å². The molecule has 0 spiro atoms. The maximum atomic E-state index is 12.3. The summed E-state index contributed by atoms with van der Waals surface area (Å²) >= 11 is 0. The summed E-state index contributed by atoms with van der Waals surface area (Å²) in [6.45, 7) is 5.24. The fourth-order valence-corrected chi connectivity index (χ4v) is 0.921. The summed E-state index contributed by atoms with van der Waals surface area (Å²) in [7, 11) is 0. The van der Waals surface area contributed by atoms with Crippen molar-refractivity contribution in [2.45, 2.75) is 32.5 Å². The van der Waals surface area contributed by atoms with Crippen molar-refractivity contribution in [3.05, 3.63) is 0 Å². The van der Waals surface area contributed by atoms with Gasteiger partial charge in [0.15, 0.2) is 0 Å². The van der Waals surface area contributed by atoms with Crippen molar-refractivity contribution in [1.29, 1.82) is 0 Å². The highest BCUT2D eigenvalue weighted by Gasteiger charge is 2.16. The van der Waals surface area contributed by atoms with E-state index in [1.807, 2.05) is 13.8 Å². The molecule has 1 saturated heterocycles. The van der Waals surface area contributed by atoms with Gasteiger partial charge in [-0.2, -0.15) is 0 Å². The van der Waals surface area contributed by atoms with Crippen molar-refractivity contribution in [2.75, 3.05) is 13.1 Å². The number of halogens is 1. The van der Waals surface area contributed by atoms with Crippen LogP contribution in [0.4, 0.5) is 4.39 Å². The molecule has 1 fully saturated rings. The Bertz CT molecular complexity index is 70.0. The third kappa shape index (κ3) is 3.80. The second-order valence-electron chi connectivity index (χ2n) is 2.25. The van der Waals surface area contributed by atoms with Crippen LogP contribution >= 0.6 is 0 Å². The number of alkyl halides is 1. The lowest BCUT2D eigenvalue weighted by Gasteiger charge is -2.21. The molecule has 3 N–H and O–H groups in total. The van der Waals surface area contributed by atoms with Crippen molar-refractivity contribution >= 4 is 0 Å². The molecule has 3 heteroatoms. The minimum absolute atomic E-state index is 0.0266. The highest BCUT2D eigenvalue weighted by atomic mass is 19.1. The first-order valence-electron chi connectivity index (χ1n) is 3.89. The zero-order valence-electron chi connectivity index (χ0n) is 6.73. The van der Waals surface area contributed by atoms with Gasteiger partial charge < -0.3 is 11.1 Å². The Morgan fingerprint density at radius 2 is 2.00 bits per heavy atom. The Morgan fingerprint density at radius 3 is 2.30 bits per heavy atom. The van der Waals surface area contributed by atoms with E-state index < -0.39 is 6.17 Å². The van der Waals surface area contributed by atoms with Crippen LogP contribution in [0.1, 0.15) is 20.3 Å². The third-order valence-corrected chi connectivity index (χ3v) is 1.33. The largest absolute Gasteiger partial charge is 0.326 e. The highest BCUT2D eigenvalue weighted by molar-refractivity contribution is 4.77. The van der Waals surface area contributed by atoms with Crippen LogP contribution in [0.2, 0.25) is 0 Å². The fraction of sp³-hybridized carbons (Fsp3) is 1.00. The molecule has 0 saturated carbocycles. The van der Waals surface area contributed by atoms with Gasteiger partial charge in [-0.15, -0.1) is 0 Å². The van der Waals surface area contributed by atoms with Crippen LogP contribution in [-0.4, -0.2) is 25.3 Å². The van der Waals surface area contributed by atoms with Crippen LogP contribution in [0.3, 0.4) is 0 Å². The van der Waals surface area contributed by atoms with Gasteiger partial charge in [-0.1, -0.05) is 13.8 Å². The molecule has 1 heterocycles. The standard InChI is InChI=1S/C5H11FN2.C2H6/c6-4-1-5(7)3-8-2-4;1-2/h4-5,8H,1-3,7H2;1-2H3. The van der Waals surface area contributed by atoms with Crippen LogP contribution in [0, 0.1) is 0 Å². The van der Waals surface area contributed by atoms with Crippen molar-refractivity contribution < 1.29 is 4.39 Å². The number of piperidine rings is 1. The van der Waals surface area contributed by atoms with Gasteiger partial charge in [-0.25, -0.2) is 4.39 Å². The van der Waals surface area contributed by atoms with Gasteiger partial charge in [0.05, 0.1) is 0 Å². The van der Waals surface area contributed by atoms with Gasteiger partial charge in [0, 0.05) is 19.1 Å². The molecule has 1 rings (SSSR count). The number of nitrogens with two attached hydrogens (primary N) is 1. The second-order valence-corrected chi connectivity index (χ2v) is 2.25. The Labute approximate surface area is 62.0 Å². The van der Waals surface area contributed by atoms with Gasteiger partial charge in [0.2, 0.25) is 0 Å². The monoisotopic (exact) mass is 148 g/mol. The van der Waals surface area contributed by atoms with E-state index in [9.17, 15) is 4.39 Å². The molecule has 0 aliphatic carbocycles.